The zero-order valence-electron chi connectivity index (χ0n) is 10.2. The highest BCUT2D eigenvalue weighted by Crippen LogP contribution is 2.27. The zero-order chi connectivity index (χ0) is 13.7. The smallest absolute Gasteiger partial charge is 0.266 e. The van der Waals surface area contributed by atoms with E-state index < -0.39 is 12.2 Å². The van der Waals surface area contributed by atoms with Gasteiger partial charge in [0, 0.05) is 18.0 Å². The van der Waals surface area contributed by atoms with Gasteiger partial charge in [-0.1, -0.05) is 34.3 Å². The van der Waals surface area contributed by atoms with Gasteiger partial charge < -0.3 is 4.74 Å². The lowest BCUT2D eigenvalue weighted by Crippen LogP contribution is -2.06. The molecule has 1 unspecified atom stereocenters. The monoisotopic (exact) mass is 282 g/mol. The topological polar surface area (TPSA) is 35.0 Å². The van der Waals surface area contributed by atoms with Gasteiger partial charge in [0.1, 0.15) is 12.3 Å². The fourth-order valence-corrected chi connectivity index (χ4v) is 2.01. The zero-order valence-corrected chi connectivity index (χ0v) is 11.0. The quantitative estimate of drug-likeness (QED) is 0.826. The van der Waals surface area contributed by atoms with Crippen molar-refractivity contribution in [1.29, 1.82) is 0 Å². The van der Waals surface area contributed by atoms with Crippen LogP contribution in [-0.2, 0) is 0 Å². The standard InChI is InChI=1S/C13H12F2N2OS/c1-9-2-4-10(5-3-9)11(6-7-12(14)15)18-13-8-16-17-19-13/h2-5,7-8,11H,6H2,1H3. The number of rotatable bonds is 5. The molecule has 6 heteroatoms. The Labute approximate surface area is 113 Å². The van der Waals surface area contributed by atoms with Crippen molar-refractivity contribution in [1.82, 2.24) is 9.59 Å². The summed E-state index contributed by atoms with van der Waals surface area (Å²) in [4.78, 5) is 0. The summed E-state index contributed by atoms with van der Waals surface area (Å²) in [5, 5.41) is 4.17. The minimum absolute atomic E-state index is 0.100. The van der Waals surface area contributed by atoms with Gasteiger partial charge in [-0.3, -0.25) is 0 Å². The molecule has 0 aliphatic carbocycles. The van der Waals surface area contributed by atoms with Crippen LogP contribution in [0.1, 0.15) is 23.7 Å². The molecule has 2 aromatic rings. The van der Waals surface area contributed by atoms with E-state index in [-0.39, 0.29) is 6.42 Å². The van der Waals surface area contributed by atoms with Crippen molar-refractivity contribution in [2.75, 3.05) is 0 Å². The maximum atomic E-state index is 12.2. The molecule has 1 aromatic heterocycles. The van der Waals surface area contributed by atoms with Gasteiger partial charge >= 0.3 is 0 Å². The molecule has 0 amide bonds. The summed E-state index contributed by atoms with van der Waals surface area (Å²) < 4.78 is 33.8. The highest BCUT2D eigenvalue weighted by molar-refractivity contribution is 7.07. The van der Waals surface area contributed by atoms with Crippen molar-refractivity contribution in [2.24, 2.45) is 0 Å². The van der Waals surface area contributed by atoms with Crippen LogP contribution in [-0.4, -0.2) is 9.59 Å². The summed E-state index contributed by atoms with van der Waals surface area (Å²) in [6.45, 7) is 1.97. The van der Waals surface area contributed by atoms with Crippen LogP contribution in [0.3, 0.4) is 0 Å². The van der Waals surface area contributed by atoms with Crippen molar-refractivity contribution in [3.8, 4) is 5.06 Å². The molecular formula is C13H12F2N2OS. The molecule has 0 aliphatic rings. The number of benzene rings is 1. The van der Waals surface area contributed by atoms with E-state index in [2.05, 4.69) is 9.59 Å². The van der Waals surface area contributed by atoms with Crippen molar-refractivity contribution in [3.05, 3.63) is 53.7 Å². The average molecular weight is 282 g/mol. The Hall–Kier alpha value is -1.82. The average Bonchev–Trinajstić information content (AvgIpc) is 2.88. The first-order valence-corrected chi connectivity index (χ1v) is 6.44. The normalized spacial score (nSPS) is 11.9. The number of hydrogen-bond donors (Lipinski definition) is 0. The van der Waals surface area contributed by atoms with E-state index in [1.165, 1.54) is 6.20 Å². The Morgan fingerprint density at radius 2 is 2.11 bits per heavy atom. The molecule has 1 heterocycles. The lowest BCUT2D eigenvalue weighted by molar-refractivity contribution is 0.213. The van der Waals surface area contributed by atoms with E-state index in [0.29, 0.717) is 5.06 Å². The largest absolute Gasteiger partial charge is 0.473 e. The van der Waals surface area contributed by atoms with Crippen LogP contribution in [0, 0.1) is 6.92 Å². The van der Waals surface area contributed by atoms with Gasteiger partial charge in [-0.05, 0) is 18.6 Å². The summed E-state index contributed by atoms with van der Waals surface area (Å²) >= 11 is 1.09. The van der Waals surface area contributed by atoms with Crippen LogP contribution < -0.4 is 4.74 Å². The Bertz CT molecular complexity index is 536. The van der Waals surface area contributed by atoms with Crippen LogP contribution in [0.2, 0.25) is 0 Å². The number of halogens is 2. The molecule has 2 rings (SSSR count). The molecule has 0 fully saturated rings. The van der Waals surface area contributed by atoms with Crippen molar-refractivity contribution >= 4 is 11.5 Å². The molecule has 0 saturated carbocycles. The molecule has 19 heavy (non-hydrogen) atoms. The van der Waals surface area contributed by atoms with Gasteiger partial charge in [0.25, 0.3) is 6.08 Å². The van der Waals surface area contributed by atoms with Gasteiger partial charge in [-0.15, -0.1) is 5.10 Å². The minimum atomic E-state index is -1.71. The first-order chi connectivity index (χ1) is 9.15. The van der Waals surface area contributed by atoms with Crippen molar-refractivity contribution < 1.29 is 13.5 Å². The highest BCUT2D eigenvalue weighted by atomic mass is 32.1. The Morgan fingerprint density at radius 1 is 1.37 bits per heavy atom. The molecule has 0 aliphatic heterocycles. The molecule has 1 aromatic carbocycles. The maximum absolute atomic E-state index is 12.2. The van der Waals surface area contributed by atoms with E-state index in [4.69, 9.17) is 4.74 Å². The molecule has 1 atom stereocenters. The highest BCUT2D eigenvalue weighted by Gasteiger charge is 2.14. The predicted molar refractivity (Wildman–Crippen MR) is 69.4 cm³/mol. The third kappa shape index (κ3) is 4.10. The first kappa shape index (κ1) is 13.6. The molecule has 0 N–H and O–H groups in total. The SMILES string of the molecule is Cc1ccc(C(CC=C(F)F)Oc2cnns2)cc1. The van der Waals surface area contributed by atoms with Crippen LogP contribution in [0.25, 0.3) is 0 Å². The molecule has 3 nitrogen and oxygen atoms in total. The summed E-state index contributed by atoms with van der Waals surface area (Å²) in [6, 6.07) is 7.59. The van der Waals surface area contributed by atoms with E-state index in [9.17, 15) is 8.78 Å². The number of hydrogen-bond acceptors (Lipinski definition) is 4. The van der Waals surface area contributed by atoms with Gasteiger partial charge in [-0.2, -0.15) is 8.78 Å². The Balaban J connectivity index is 2.18. The number of nitrogens with zero attached hydrogens (tertiary/aromatic N) is 2. The predicted octanol–water partition coefficient (Wildman–Crippen LogP) is 4.14. The molecule has 0 bridgehead atoms. The number of aromatic nitrogens is 2. The van der Waals surface area contributed by atoms with Gasteiger partial charge in [-0.25, -0.2) is 0 Å². The lowest BCUT2D eigenvalue weighted by Gasteiger charge is -2.16. The van der Waals surface area contributed by atoms with Crippen LogP contribution >= 0.6 is 11.5 Å². The van der Waals surface area contributed by atoms with Crippen LogP contribution in [0.4, 0.5) is 8.78 Å². The minimum Gasteiger partial charge on any atom is -0.473 e. The van der Waals surface area contributed by atoms with Gasteiger partial charge in [0.05, 0.1) is 0 Å². The number of aryl methyl sites for hydroxylation is 1. The van der Waals surface area contributed by atoms with Crippen LogP contribution in [0.15, 0.2) is 42.6 Å². The first-order valence-electron chi connectivity index (χ1n) is 5.67. The third-order valence-corrected chi connectivity index (χ3v) is 3.09. The fraction of sp³-hybridized carbons (Fsp3) is 0.231. The molecular weight excluding hydrogens is 270 g/mol. The van der Waals surface area contributed by atoms with Crippen molar-refractivity contribution in [2.45, 2.75) is 19.4 Å². The summed E-state index contributed by atoms with van der Waals surface area (Å²) in [5.41, 5.74) is 1.95. The van der Waals surface area contributed by atoms with Crippen molar-refractivity contribution in [3.63, 3.8) is 0 Å². The van der Waals surface area contributed by atoms with E-state index in [0.717, 1.165) is 28.7 Å². The van der Waals surface area contributed by atoms with E-state index in [1.54, 1.807) is 0 Å². The molecule has 0 radical (unpaired) electrons. The lowest BCUT2D eigenvalue weighted by atomic mass is 10.0. The fourth-order valence-electron chi connectivity index (χ4n) is 1.58. The molecule has 100 valence electrons. The molecule has 0 saturated heterocycles. The summed E-state index contributed by atoms with van der Waals surface area (Å²) in [6.07, 6.45) is 0.261. The molecule has 0 spiro atoms. The van der Waals surface area contributed by atoms with Gasteiger partial charge in [0.15, 0.2) is 0 Å². The second-order valence-electron chi connectivity index (χ2n) is 3.98. The van der Waals surface area contributed by atoms with E-state index in [1.807, 2.05) is 31.2 Å². The second-order valence-corrected chi connectivity index (χ2v) is 4.73. The summed E-state index contributed by atoms with van der Waals surface area (Å²) in [5.74, 6) is 0. The second kappa shape index (κ2) is 6.38. The maximum Gasteiger partial charge on any atom is 0.266 e. The number of ether oxygens (including phenoxy) is 1. The Kier molecular flexibility index (Phi) is 4.57. The Morgan fingerprint density at radius 3 is 2.68 bits per heavy atom. The van der Waals surface area contributed by atoms with Gasteiger partial charge in [0.2, 0.25) is 5.06 Å². The third-order valence-electron chi connectivity index (χ3n) is 2.53. The van der Waals surface area contributed by atoms with E-state index >= 15 is 0 Å². The summed E-state index contributed by atoms with van der Waals surface area (Å²) in [7, 11) is 0. The van der Waals surface area contributed by atoms with Crippen LogP contribution in [0.5, 0.6) is 5.06 Å².